The van der Waals surface area contributed by atoms with Crippen molar-refractivity contribution in [3.8, 4) is 0 Å². The predicted octanol–water partition coefficient (Wildman–Crippen LogP) is 4.56. The van der Waals surface area contributed by atoms with Gasteiger partial charge in [-0.2, -0.15) is 0 Å². The van der Waals surface area contributed by atoms with Gasteiger partial charge in [0, 0.05) is 43.5 Å². The van der Waals surface area contributed by atoms with Gasteiger partial charge in [0.1, 0.15) is 0 Å². The Hall–Kier alpha value is -2.30. The quantitative estimate of drug-likeness (QED) is 0.666. The molecule has 2 amide bonds. The summed E-state index contributed by atoms with van der Waals surface area (Å²) < 4.78 is 0. The van der Waals surface area contributed by atoms with E-state index < -0.39 is 5.41 Å². The molecule has 2 aliphatic carbocycles. The van der Waals surface area contributed by atoms with Crippen LogP contribution in [0, 0.1) is 5.41 Å². The number of carbonyl (C=O) groups is 2. The van der Waals surface area contributed by atoms with E-state index in [1.54, 1.807) is 0 Å². The molecule has 0 bridgehead atoms. The number of carbonyl (C=O) groups excluding carboxylic acids is 2. The fourth-order valence-corrected chi connectivity index (χ4v) is 6.51. The van der Waals surface area contributed by atoms with Crippen LogP contribution in [0.3, 0.4) is 0 Å². The molecule has 1 aromatic carbocycles. The Morgan fingerprint density at radius 2 is 1.91 bits per heavy atom. The number of anilines is 1. The van der Waals surface area contributed by atoms with Crippen LogP contribution in [-0.4, -0.2) is 42.4 Å². The van der Waals surface area contributed by atoms with E-state index in [-0.39, 0.29) is 11.8 Å². The second-order valence-electron chi connectivity index (χ2n) is 10.1. The minimum atomic E-state index is -0.494. The van der Waals surface area contributed by atoms with Gasteiger partial charge in [-0.25, -0.2) is 0 Å². The van der Waals surface area contributed by atoms with Gasteiger partial charge in [0.2, 0.25) is 11.8 Å². The van der Waals surface area contributed by atoms with Crippen LogP contribution in [-0.2, 0) is 16.0 Å². The van der Waals surface area contributed by atoms with Gasteiger partial charge in [0.25, 0.3) is 0 Å². The maximum atomic E-state index is 13.6. The van der Waals surface area contributed by atoms with Crippen molar-refractivity contribution in [3.63, 3.8) is 0 Å². The molecule has 1 aromatic rings. The van der Waals surface area contributed by atoms with Crippen molar-refractivity contribution in [2.24, 2.45) is 5.41 Å². The zero-order valence-corrected chi connectivity index (χ0v) is 19.3. The Labute approximate surface area is 192 Å². The van der Waals surface area contributed by atoms with Crippen LogP contribution in [0.1, 0.15) is 76.2 Å². The molecule has 1 saturated heterocycles. The van der Waals surface area contributed by atoms with Crippen LogP contribution in [0.2, 0.25) is 0 Å². The molecule has 5 rings (SSSR count). The summed E-state index contributed by atoms with van der Waals surface area (Å²) >= 11 is 0. The van der Waals surface area contributed by atoms with Crippen LogP contribution in [0.4, 0.5) is 5.69 Å². The smallest absolute Gasteiger partial charge is 0.232 e. The van der Waals surface area contributed by atoms with E-state index >= 15 is 0 Å². The van der Waals surface area contributed by atoms with E-state index in [1.165, 1.54) is 30.5 Å². The average Bonchev–Trinajstić information content (AvgIpc) is 3.36. The number of nitrogens with one attached hydrogen (secondary N) is 1. The third-order valence-corrected chi connectivity index (χ3v) is 8.15. The molecule has 2 heterocycles. The summed E-state index contributed by atoms with van der Waals surface area (Å²) in [5.74, 6) is 0.384. The lowest BCUT2D eigenvalue weighted by Gasteiger charge is -2.48. The van der Waals surface area contributed by atoms with E-state index in [0.29, 0.717) is 25.4 Å². The van der Waals surface area contributed by atoms with Crippen molar-refractivity contribution in [2.75, 3.05) is 24.5 Å². The Morgan fingerprint density at radius 1 is 1.06 bits per heavy atom. The van der Waals surface area contributed by atoms with Crippen LogP contribution < -0.4 is 10.2 Å². The number of amides is 2. The molecule has 5 heteroatoms. The van der Waals surface area contributed by atoms with Crippen molar-refractivity contribution < 1.29 is 9.59 Å². The lowest BCUT2D eigenvalue weighted by Crippen LogP contribution is -2.55. The Kier molecular flexibility index (Phi) is 6.25. The largest absolute Gasteiger partial charge is 0.371 e. The average molecular weight is 436 g/mol. The third-order valence-electron chi connectivity index (χ3n) is 8.15. The minimum Gasteiger partial charge on any atom is -0.371 e. The number of piperidine rings is 1. The molecular weight excluding hydrogens is 398 g/mol. The normalized spacial score (nSPS) is 25.9. The highest BCUT2D eigenvalue weighted by atomic mass is 16.2. The molecule has 1 atom stereocenters. The molecule has 0 spiro atoms. The molecular formula is C27H37N3O2. The van der Waals surface area contributed by atoms with Gasteiger partial charge in [-0.3, -0.25) is 9.59 Å². The first-order valence-electron chi connectivity index (χ1n) is 12.8. The highest BCUT2D eigenvalue weighted by Gasteiger charge is 2.51. The number of fused-ring (bicyclic) bond motifs is 2. The third kappa shape index (κ3) is 3.95. The van der Waals surface area contributed by atoms with E-state index in [9.17, 15) is 9.59 Å². The van der Waals surface area contributed by atoms with Crippen LogP contribution in [0.15, 0.2) is 36.0 Å². The number of hydrogen-bond donors (Lipinski definition) is 1. The van der Waals surface area contributed by atoms with Gasteiger partial charge < -0.3 is 15.1 Å². The first-order chi connectivity index (χ1) is 15.7. The zero-order valence-electron chi connectivity index (χ0n) is 19.3. The monoisotopic (exact) mass is 435 g/mol. The number of allylic oxidation sites excluding steroid dienone is 1. The van der Waals surface area contributed by atoms with Gasteiger partial charge in [-0.05, 0) is 69.4 Å². The van der Waals surface area contributed by atoms with Crippen molar-refractivity contribution in [2.45, 2.75) is 83.1 Å². The molecule has 1 saturated carbocycles. The van der Waals surface area contributed by atoms with Crippen molar-refractivity contribution in [1.29, 1.82) is 0 Å². The second-order valence-corrected chi connectivity index (χ2v) is 10.1. The molecule has 4 aliphatic rings. The summed E-state index contributed by atoms with van der Waals surface area (Å²) in [6.07, 6.45) is 14.1. The first-order valence-corrected chi connectivity index (χ1v) is 12.8. The highest BCUT2D eigenvalue weighted by molar-refractivity contribution is 5.91. The second kappa shape index (κ2) is 9.29. The molecule has 172 valence electrons. The minimum absolute atomic E-state index is 0.151. The number of benzene rings is 1. The number of para-hydroxylation sites is 1. The van der Waals surface area contributed by atoms with Crippen LogP contribution >= 0.6 is 0 Å². The summed E-state index contributed by atoms with van der Waals surface area (Å²) in [6.45, 7) is 2.77. The van der Waals surface area contributed by atoms with Gasteiger partial charge in [0.15, 0.2) is 0 Å². The molecule has 32 heavy (non-hydrogen) atoms. The maximum Gasteiger partial charge on any atom is 0.232 e. The molecule has 2 aliphatic heterocycles. The molecule has 5 nitrogen and oxygen atoms in total. The molecule has 0 aromatic heterocycles. The molecule has 1 unspecified atom stereocenters. The fourth-order valence-electron chi connectivity index (χ4n) is 6.51. The highest BCUT2D eigenvalue weighted by Crippen LogP contribution is 2.49. The topological polar surface area (TPSA) is 52.7 Å². The number of nitrogens with zero attached hydrogens (tertiary/aromatic N) is 2. The first kappa shape index (κ1) is 21.5. The van der Waals surface area contributed by atoms with Gasteiger partial charge >= 0.3 is 0 Å². The summed E-state index contributed by atoms with van der Waals surface area (Å²) in [6, 6.07) is 9.01. The molecule has 0 radical (unpaired) electrons. The number of aryl methyl sites for hydroxylation is 1. The Balaban J connectivity index is 1.22. The Morgan fingerprint density at radius 3 is 2.78 bits per heavy atom. The predicted molar refractivity (Wildman–Crippen MR) is 127 cm³/mol. The van der Waals surface area contributed by atoms with E-state index in [2.05, 4.69) is 45.5 Å². The number of likely N-dealkylation sites (tertiary alicyclic amines) is 1. The zero-order chi connectivity index (χ0) is 22.0. The van der Waals surface area contributed by atoms with Crippen molar-refractivity contribution in [1.82, 2.24) is 10.2 Å². The fraction of sp³-hybridized carbons (Fsp3) is 0.630. The lowest BCUT2D eigenvalue weighted by molar-refractivity contribution is -0.142. The summed E-state index contributed by atoms with van der Waals surface area (Å²) in [4.78, 5) is 31.0. The summed E-state index contributed by atoms with van der Waals surface area (Å²) in [5, 5.41) is 3.29. The number of hydrogen-bond acceptors (Lipinski definition) is 3. The van der Waals surface area contributed by atoms with Gasteiger partial charge in [0.05, 0.1) is 5.41 Å². The van der Waals surface area contributed by atoms with Crippen LogP contribution in [0.25, 0.3) is 0 Å². The summed E-state index contributed by atoms with van der Waals surface area (Å²) in [5.41, 5.74) is 3.35. The SMILES string of the molecule is O=C1CCC2(C(=O)NCCCN3CCCc4ccccc43)CCCC=C2N1C1CCCC1. The van der Waals surface area contributed by atoms with E-state index in [4.69, 9.17) is 0 Å². The molecule has 1 N–H and O–H groups in total. The molecule has 2 fully saturated rings. The van der Waals surface area contributed by atoms with Crippen LogP contribution in [0.5, 0.6) is 0 Å². The van der Waals surface area contributed by atoms with Gasteiger partial charge in [-0.15, -0.1) is 0 Å². The number of rotatable bonds is 6. The van der Waals surface area contributed by atoms with E-state index in [0.717, 1.165) is 63.7 Å². The summed E-state index contributed by atoms with van der Waals surface area (Å²) in [7, 11) is 0. The van der Waals surface area contributed by atoms with Crippen molar-refractivity contribution in [3.05, 3.63) is 41.6 Å². The Bertz CT molecular complexity index is 889. The standard InChI is InChI=1S/C27H37N3O2/c31-25-15-17-27(16-6-5-14-24(27)30(25)22-11-2-3-12-22)26(32)28-18-8-20-29-19-7-10-21-9-1-4-13-23(21)29/h1,4,9,13-14,22H,2-3,5-8,10-12,15-20H2,(H,28,32). The van der Waals surface area contributed by atoms with Gasteiger partial charge in [-0.1, -0.05) is 37.1 Å². The maximum absolute atomic E-state index is 13.6. The van der Waals surface area contributed by atoms with Crippen molar-refractivity contribution >= 4 is 17.5 Å². The lowest BCUT2D eigenvalue weighted by atomic mass is 9.68. The van der Waals surface area contributed by atoms with E-state index in [1.807, 2.05) is 0 Å².